The topological polar surface area (TPSA) is 53.1 Å². The third-order valence-electron chi connectivity index (χ3n) is 3.28. The minimum atomic E-state index is -2.56. The van der Waals surface area contributed by atoms with Gasteiger partial charge >= 0.3 is 6.55 Å². The van der Waals surface area contributed by atoms with Crippen molar-refractivity contribution in [3.8, 4) is 0 Å². The van der Waals surface area contributed by atoms with Gasteiger partial charge in [0.2, 0.25) is 0 Å². The Labute approximate surface area is 98.8 Å². The van der Waals surface area contributed by atoms with Crippen LogP contribution in [0.3, 0.4) is 0 Å². The summed E-state index contributed by atoms with van der Waals surface area (Å²) in [7, 11) is 0. The molecule has 1 aromatic heterocycles. The lowest BCUT2D eigenvalue weighted by Gasteiger charge is -2.18. The molecule has 1 aromatic rings. The van der Waals surface area contributed by atoms with Crippen LogP contribution in [0.5, 0.6) is 0 Å². The van der Waals surface area contributed by atoms with Crippen LogP contribution in [0, 0.1) is 5.92 Å². The number of nitrogens with zero attached hydrogens (tertiary/aromatic N) is 2. The van der Waals surface area contributed by atoms with Gasteiger partial charge in [-0.2, -0.15) is 8.78 Å². The van der Waals surface area contributed by atoms with E-state index < -0.39 is 6.55 Å². The Morgan fingerprint density at radius 3 is 3.06 bits per heavy atom. The molecule has 1 saturated carbocycles. The summed E-state index contributed by atoms with van der Waals surface area (Å²) in [6, 6.07) is 0. The molecule has 1 heterocycles. The number of ether oxygens (including phenoxy) is 1. The first-order chi connectivity index (χ1) is 8.22. The van der Waals surface area contributed by atoms with E-state index in [1.807, 2.05) is 0 Å². The van der Waals surface area contributed by atoms with Gasteiger partial charge < -0.3 is 10.5 Å². The molecule has 1 aliphatic rings. The monoisotopic (exact) mass is 245 g/mol. The lowest BCUT2D eigenvalue weighted by atomic mass is 10.1. The summed E-state index contributed by atoms with van der Waals surface area (Å²) in [6.45, 7) is -1.85. The maximum absolute atomic E-state index is 12.6. The van der Waals surface area contributed by atoms with E-state index in [0.29, 0.717) is 12.5 Å². The van der Waals surface area contributed by atoms with E-state index in [0.717, 1.165) is 23.8 Å². The molecule has 17 heavy (non-hydrogen) atoms. The third kappa shape index (κ3) is 2.81. The summed E-state index contributed by atoms with van der Waals surface area (Å²) < 4.78 is 31.6. The zero-order chi connectivity index (χ0) is 12.3. The smallest absolute Gasteiger partial charge is 0.320 e. The van der Waals surface area contributed by atoms with Crippen LogP contribution in [0.4, 0.5) is 8.78 Å². The first-order valence-corrected chi connectivity index (χ1v) is 5.84. The highest BCUT2D eigenvalue weighted by molar-refractivity contribution is 4.91. The molecule has 0 aromatic carbocycles. The van der Waals surface area contributed by atoms with Crippen LogP contribution in [-0.4, -0.2) is 22.2 Å². The van der Waals surface area contributed by atoms with Crippen LogP contribution in [0.2, 0.25) is 0 Å². The largest absolute Gasteiger partial charge is 0.370 e. The standard InChI is InChI=1S/C11H17F2N3O/c12-11(13)16-5-4-15-10(16)7-17-9-3-1-2-8(9)6-14/h4-5,8-9,11H,1-3,6-7,14H2. The van der Waals surface area contributed by atoms with Gasteiger partial charge in [0.05, 0.1) is 6.10 Å². The number of aromatic nitrogens is 2. The molecule has 0 radical (unpaired) electrons. The Bertz CT molecular complexity index is 356. The maximum Gasteiger partial charge on any atom is 0.320 e. The number of imidazole rings is 1. The Morgan fingerprint density at radius 2 is 2.35 bits per heavy atom. The molecule has 2 N–H and O–H groups in total. The SMILES string of the molecule is NCC1CCCC1OCc1nccn1C(F)F. The number of alkyl halides is 2. The zero-order valence-electron chi connectivity index (χ0n) is 9.56. The van der Waals surface area contributed by atoms with E-state index in [4.69, 9.17) is 10.5 Å². The minimum Gasteiger partial charge on any atom is -0.370 e. The minimum absolute atomic E-state index is 0.0859. The predicted molar refractivity (Wildman–Crippen MR) is 58.5 cm³/mol. The number of hydrogen-bond acceptors (Lipinski definition) is 3. The summed E-state index contributed by atoms with van der Waals surface area (Å²) in [5.41, 5.74) is 5.63. The summed E-state index contributed by atoms with van der Waals surface area (Å²) in [4.78, 5) is 3.88. The molecule has 2 rings (SSSR count). The quantitative estimate of drug-likeness (QED) is 0.862. The molecule has 2 atom stereocenters. The molecule has 0 aliphatic heterocycles. The van der Waals surface area contributed by atoms with Crippen LogP contribution in [0.1, 0.15) is 31.6 Å². The van der Waals surface area contributed by atoms with Crippen molar-refractivity contribution in [3.05, 3.63) is 18.2 Å². The molecule has 0 saturated heterocycles. The summed E-state index contributed by atoms with van der Waals surface area (Å²) in [5.74, 6) is 0.618. The van der Waals surface area contributed by atoms with Gasteiger partial charge in [0.25, 0.3) is 0 Å². The van der Waals surface area contributed by atoms with Gasteiger partial charge in [-0.15, -0.1) is 0 Å². The van der Waals surface area contributed by atoms with Gasteiger partial charge in [0.15, 0.2) is 0 Å². The normalized spacial score (nSPS) is 24.7. The second-order valence-corrected chi connectivity index (χ2v) is 4.30. The predicted octanol–water partition coefficient (Wildman–Crippen LogP) is 1.92. The third-order valence-corrected chi connectivity index (χ3v) is 3.28. The van der Waals surface area contributed by atoms with Crippen molar-refractivity contribution in [2.75, 3.05) is 6.54 Å². The number of rotatable bonds is 5. The Kier molecular flexibility index (Phi) is 4.06. The zero-order valence-corrected chi connectivity index (χ0v) is 9.56. The fraction of sp³-hybridized carbons (Fsp3) is 0.727. The number of nitrogens with two attached hydrogens (primary N) is 1. The molecule has 96 valence electrons. The molecular formula is C11H17F2N3O. The Hall–Kier alpha value is -1.01. The highest BCUT2D eigenvalue weighted by atomic mass is 19.3. The molecule has 6 heteroatoms. The van der Waals surface area contributed by atoms with E-state index in [-0.39, 0.29) is 18.5 Å². The average Bonchev–Trinajstić information content (AvgIpc) is 2.94. The second-order valence-electron chi connectivity index (χ2n) is 4.30. The molecule has 0 amide bonds. The van der Waals surface area contributed by atoms with Crippen LogP contribution in [0.15, 0.2) is 12.4 Å². The second kappa shape index (κ2) is 5.55. The van der Waals surface area contributed by atoms with Gasteiger partial charge in [-0.25, -0.2) is 4.98 Å². The average molecular weight is 245 g/mol. The Morgan fingerprint density at radius 1 is 1.53 bits per heavy atom. The molecular weight excluding hydrogens is 228 g/mol. The molecule has 4 nitrogen and oxygen atoms in total. The number of hydrogen-bond donors (Lipinski definition) is 1. The van der Waals surface area contributed by atoms with Gasteiger partial charge in [0.1, 0.15) is 12.4 Å². The maximum atomic E-state index is 12.6. The summed E-state index contributed by atoms with van der Waals surface area (Å²) in [6.07, 6.45) is 5.82. The number of halogens is 2. The van der Waals surface area contributed by atoms with E-state index in [9.17, 15) is 8.78 Å². The van der Waals surface area contributed by atoms with Crippen molar-refractivity contribution in [2.45, 2.75) is 38.5 Å². The summed E-state index contributed by atoms with van der Waals surface area (Å²) in [5, 5.41) is 0. The van der Waals surface area contributed by atoms with E-state index in [1.165, 1.54) is 12.4 Å². The molecule has 1 aliphatic carbocycles. The van der Waals surface area contributed by atoms with Crippen molar-refractivity contribution >= 4 is 0 Å². The molecule has 0 bridgehead atoms. The van der Waals surface area contributed by atoms with Crippen molar-refractivity contribution < 1.29 is 13.5 Å². The molecule has 1 fully saturated rings. The first kappa shape index (κ1) is 12.4. The van der Waals surface area contributed by atoms with Gasteiger partial charge in [0, 0.05) is 12.4 Å². The van der Waals surface area contributed by atoms with E-state index in [2.05, 4.69) is 4.98 Å². The highest BCUT2D eigenvalue weighted by Crippen LogP contribution is 2.28. The van der Waals surface area contributed by atoms with Gasteiger partial charge in [-0.1, -0.05) is 6.42 Å². The van der Waals surface area contributed by atoms with Crippen LogP contribution in [-0.2, 0) is 11.3 Å². The van der Waals surface area contributed by atoms with Crippen LogP contribution in [0.25, 0.3) is 0 Å². The Balaban J connectivity index is 1.91. The van der Waals surface area contributed by atoms with E-state index in [1.54, 1.807) is 0 Å². The van der Waals surface area contributed by atoms with Gasteiger partial charge in [-0.3, -0.25) is 4.57 Å². The van der Waals surface area contributed by atoms with Crippen molar-refractivity contribution in [3.63, 3.8) is 0 Å². The fourth-order valence-corrected chi connectivity index (χ4v) is 2.31. The van der Waals surface area contributed by atoms with Crippen molar-refractivity contribution in [1.82, 2.24) is 9.55 Å². The van der Waals surface area contributed by atoms with E-state index >= 15 is 0 Å². The lowest BCUT2D eigenvalue weighted by molar-refractivity contribution is 0.00352. The van der Waals surface area contributed by atoms with Crippen molar-refractivity contribution in [1.29, 1.82) is 0 Å². The highest BCUT2D eigenvalue weighted by Gasteiger charge is 2.27. The summed E-state index contributed by atoms with van der Waals surface area (Å²) >= 11 is 0. The molecule has 2 unspecified atom stereocenters. The van der Waals surface area contributed by atoms with Gasteiger partial charge in [-0.05, 0) is 25.3 Å². The first-order valence-electron chi connectivity index (χ1n) is 5.84. The van der Waals surface area contributed by atoms with Crippen molar-refractivity contribution in [2.24, 2.45) is 11.7 Å². The van der Waals surface area contributed by atoms with Crippen LogP contribution < -0.4 is 5.73 Å². The fourth-order valence-electron chi connectivity index (χ4n) is 2.31. The lowest BCUT2D eigenvalue weighted by Crippen LogP contribution is -2.25. The van der Waals surface area contributed by atoms with Crippen LogP contribution >= 0.6 is 0 Å². The molecule has 0 spiro atoms.